The average Bonchev–Trinajstić information content (AvgIpc) is 2.58. The van der Waals surface area contributed by atoms with Crippen LogP contribution in [0.2, 0.25) is 0 Å². The summed E-state index contributed by atoms with van der Waals surface area (Å²) in [5.74, 6) is 3.55. The number of carbonyl (C=O) groups excluding carboxylic acids is 1. The van der Waals surface area contributed by atoms with Crippen LogP contribution in [-0.2, 0) is 4.79 Å². The summed E-state index contributed by atoms with van der Waals surface area (Å²) in [5, 5.41) is 2.51. The second-order valence-electron chi connectivity index (χ2n) is 2.70. The van der Waals surface area contributed by atoms with Crippen molar-refractivity contribution in [3.63, 3.8) is 0 Å². The molecule has 1 N–H and O–H groups in total. The molecule has 0 aliphatic carbocycles. The van der Waals surface area contributed by atoms with E-state index in [2.05, 4.69) is 11.2 Å². The van der Waals surface area contributed by atoms with Gasteiger partial charge in [0, 0.05) is 6.08 Å². The lowest BCUT2D eigenvalue weighted by molar-refractivity contribution is -0.116. The van der Waals surface area contributed by atoms with Gasteiger partial charge in [-0.05, 0) is 25.1 Å². The second kappa shape index (κ2) is 4.93. The van der Waals surface area contributed by atoms with E-state index < -0.39 is 0 Å². The second-order valence-corrected chi connectivity index (χ2v) is 2.70. The van der Waals surface area contributed by atoms with Crippen molar-refractivity contribution in [2.45, 2.75) is 6.92 Å². The normalized spacial score (nSPS) is 10.0. The molecule has 0 saturated carbocycles. The van der Waals surface area contributed by atoms with Crippen LogP contribution in [0.1, 0.15) is 11.5 Å². The average molecular weight is 189 g/mol. The number of furan rings is 1. The molecule has 0 aliphatic rings. The molecule has 1 aromatic heterocycles. The monoisotopic (exact) mass is 189 g/mol. The Morgan fingerprint density at radius 1 is 1.71 bits per heavy atom. The van der Waals surface area contributed by atoms with Crippen molar-refractivity contribution in [2.75, 3.05) is 6.54 Å². The maximum Gasteiger partial charge on any atom is 0.244 e. The number of carbonyl (C=O) groups is 1. The van der Waals surface area contributed by atoms with Crippen molar-refractivity contribution >= 4 is 12.0 Å². The Balaban J connectivity index is 2.48. The molecule has 14 heavy (non-hydrogen) atoms. The van der Waals surface area contributed by atoms with Crippen LogP contribution >= 0.6 is 0 Å². The molecular formula is C11H11NO2. The first-order valence-electron chi connectivity index (χ1n) is 4.18. The first-order chi connectivity index (χ1) is 6.72. The minimum atomic E-state index is -0.225. The zero-order valence-corrected chi connectivity index (χ0v) is 7.91. The fourth-order valence-electron chi connectivity index (χ4n) is 0.898. The molecular weight excluding hydrogens is 178 g/mol. The summed E-state index contributed by atoms with van der Waals surface area (Å²) in [7, 11) is 0. The van der Waals surface area contributed by atoms with Crippen molar-refractivity contribution in [2.24, 2.45) is 0 Å². The lowest BCUT2D eigenvalue weighted by atomic mass is 10.4. The van der Waals surface area contributed by atoms with Gasteiger partial charge in [-0.2, -0.15) is 0 Å². The van der Waals surface area contributed by atoms with E-state index in [4.69, 9.17) is 10.8 Å². The van der Waals surface area contributed by atoms with Crippen molar-refractivity contribution in [1.82, 2.24) is 5.32 Å². The van der Waals surface area contributed by atoms with Gasteiger partial charge >= 0.3 is 0 Å². The third kappa shape index (κ3) is 3.20. The Morgan fingerprint density at radius 2 is 2.50 bits per heavy atom. The number of hydrogen-bond acceptors (Lipinski definition) is 2. The molecule has 0 unspecified atom stereocenters. The van der Waals surface area contributed by atoms with Crippen LogP contribution in [0.3, 0.4) is 0 Å². The van der Waals surface area contributed by atoms with Crippen LogP contribution in [-0.4, -0.2) is 12.5 Å². The highest BCUT2D eigenvalue weighted by Crippen LogP contribution is 2.07. The molecule has 72 valence electrons. The molecule has 1 amide bonds. The van der Waals surface area contributed by atoms with Crippen LogP contribution in [0.4, 0.5) is 0 Å². The lowest BCUT2D eigenvalue weighted by Gasteiger charge is -1.92. The van der Waals surface area contributed by atoms with Gasteiger partial charge in [-0.3, -0.25) is 4.79 Å². The van der Waals surface area contributed by atoms with Crippen molar-refractivity contribution in [3.8, 4) is 12.3 Å². The smallest absolute Gasteiger partial charge is 0.244 e. The maximum atomic E-state index is 11.0. The summed E-state index contributed by atoms with van der Waals surface area (Å²) in [5.41, 5.74) is 0. The minimum Gasteiger partial charge on any atom is -0.462 e. The fraction of sp³-hybridized carbons (Fsp3) is 0.182. The fourth-order valence-corrected chi connectivity index (χ4v) is 0.898. The first kappa shape index (κ1) is 10.1. The van der Waals surface area contributed by atoms with E-state index in [-0.39, 0.29) is 12.5 Å². The van der Waals surface area contributed by atoms with E-state index >= 15 is 0 Å². The van der Waals surface area contributed by atoms with E-state index in [1.165, 1.54) is 6.08 Å². The number of aryl methyl sites for hydroxylation is 1. The Labute approximate surface area is 82.8 Å². The lowest BCUT2D eigenvalue weighted by Crippen LogP contribution is -2.20. The molecule has 0 spiro atoms. The number of nitrogens with one attached hydrogen (secondary N) is 1. The highest BCUT2D eigenvalue weighted by Gasteiger charge is 1.95. The van der Waals surface area contributed by atoms with E-state index in [9.17, 15) is 4.79 Å². The van der Waals surface area contributed by atoms with Crippen LogP contribution in [0.5, 0.6) is 0 Å². The minimum absolute atomic E-state index is 0.225. The summed E-state index contributed by atoms with van der Waals surface area (Å²) in [6, 6.07) is 3.62. The van der Waals surface area contributed by atoms with Crippen LogP contribution in [0.15, 0.2) is 22.6 Å². The van der Waals surface area contributed by atoms with Gasteiger partial charge in [-0.15, -0.1) is 6.42 Å². The molecule has 0 atom stereocenters. The molecule has 0 radical (unpaired) electrons. The summed E-state index contributed by atoms with van der Waals surface area (Å²) < 4.78 is 5.23. The van der Waals surface area contributed by atoms with Crippen molar-refractivity contribution in [3.05, 3.63) is 29.7 Å². The summed E-state index contributed by atoms with van der Waals surface area (Å²) in [6.07, 6.45) is 7.96. The van der Waals surface area contributed by atoms with Gasteiger partial charge in [0.15, 0.2) is 0 Å². The van der Waals surface area contributed by atoms with Crippen molar-refractivity contribution in [1.29, 1.82) is 0 Å². The number of terminal acetylenes is 1. The Hall–Kier alpha value is -1.95. The summed E-state index contributed by atoms with van der Waals surface area (Å²) >= 11 is 0. The molecule has 0 bridgehead atoms. The number of rotatable bonds is 3. The van der Waals surface area contributed by atoms with Crippen LogP contribution in [0.25, 0.3) is 6.08 Å². The Morgan fingerprint density at radius 3 is 3.07 bits per heavy atom. The van der Waals surface area contributed by atoms with Gasteiger partial charge in [0.2, 0.25) is 5.91 Å². The maximum absolute atomic E-state index is 11.0. The Bertz CT molecular complexity index is 382. The molecule has 0 aliphatic heterocycles. The molecule has 0 saturated heterocycles. The number of amides is 1. The van der Waals surface area contributed by atoms with Gasteiger partial charge in [0.25, 0.3) is 0 Å². The predicted octanol–water partition coefficient (Wildman–Crippen LogP) is 1.35. The standard InChI is InChI=1S/C11H11NO2/c1-3-8-12-11(13)7-6-10-5-4-9(2)14-10/h1,4-7H,8H2,2H3,(H,12,13)/b7-6+. The Kier molecular flexibility index (Phi) is 3.57. The van der Waals surface area contributed by atoms with Gasteiger partial charge in [0.1, 0.15) is 11.5 Å². The third-order valence-corrected chi connectivity index (χ3v) is 1.52. The van der Waals surface area contributed by atoms with Crippen LogP contribution < -0.4 is 5.32 Å². The first-order valence-corrected chi connectivity index (χ1v) is 4.18. The van der Waals surface area contributed by atoms with Crippen molar-refractivity contribution < 1.29 is 9.21 Å². The van der Waals surface area contributed by atoms with E-state index in [0.717, 1.165) is 5.76 Å². The van der Waals surface area contributed by atoms with Gasteiger partial charge in [-0.25, -0.2) is 0 Å². The molecule has 1 heterocycles. The van der Waals surface area contributed by atoms with E-state index in [1.54, 1.807) is 12.1 Å². The van der Waals surface area contributed by atoms with E-state index in [1.807, 2.05) is 13.0 Å². The number of hydrogen-bond donors (Lipinski definition) is 1. The topological polar surface area (TPSA) is 42.2 Å². The largest absolute Gasteiger partial charge is 0.462 e. The molecule has 1 rings (SSSR count). The van der Waals surface area contributed by atoms with Gasteiger partial charge in [-0.1, -0.05) is 5.92 Å². The molecule has 3 nitrogen and oxygen atoms in total. The molecule has 0 aromatic carbocycles. The van der Waals surface area contributed by atoms with Gasteiger partial charge < -0.3 is 9.73 Å². The van der Waals surface area contributed by atoms with Gasteiger partial charge in [0.05, 0.1) is 6.54 Å². The zero-order chi connectivity index (χ0) is 10.4. The highest BCUT2D eigenvalue weighted by atomic mass is 16.3. The SMILES string of the molecule is C#CCNC(=O)/C=C/c1ccc(C)o1. The van der Waals surface area contributed by atoms with E-state index in [0.29, 0.717) is 5.76 Å². The third-order valence-electron chi connectivity index (χ3n) is 1.52. The predicted molar refractivity (Wildman–Crippen MR) is 54.3 cm³/mol. The molecule has 0 fully saturated rings. The summed E-state index contributed by atoms with van der Waals surface area (Å²) in [6.45, 7) is 2.08. The summed E-state index contributed by atoms with van der Waals surface area (Å²) in [4.78, 5) is 11.0. The zero-order valence-electron chi connectivity index (χ0n) is 7.91. The highest BCUT2D eigenvalue weighted by molar-refractivity contribution is 5.91. The quantitative estimate of drug-likeness (QED) is 0.576. The molecule has 3 heteroatoms. The van der Waals surface area contributed by atoms with Crippen LogP contribution in [0, 0.1) is 19.3 Å². The molecule has 1 aromatic rings.